The number of methoxy groups -OCH3 is 1. The Kier molecular flexibility index (Phi) is 25.2. The lowest BCUT2D eigenvalue weighted by atomic mass is 9.73. The number of phenolic OH excluding ortho intramolecular Hbond substituents is 1. The van der Waals surface area contributed by atoms with Gasteiger partial charge in [0.15, 0.2) is 28.2 Å². The molecular formula is C72H96N7O18+. The Morgan fingerprint density at radius 2 is 1.62 bits per heavy atom. The fourth-order valence-corrected chi connectivity index (χ4v) is 12.5. The molecule has 0 spiro atoms. The number of phenols is 1. The zero-order chi connectivity index (χ0) is 71.5. The van der Waals surface area contributed by atoms with E-state index in [9.17, 15) is 48.9 Å². The highest BCUT2D eigenvalue weighted by Gasteiger charge is 2.44. The highest BCUT2D eigenvalue weighted by Crippen LogP contribution is 2.43. The number of quaternary nitrogens is 1. The fourth-order valence-electron chi connectivity index (χ4n) is 12.5. The number of amides is 5. The number of fused-ring (bicyclic) bond motifs is 5. The number of urea groups is 1. The van der Waals surface area contributed by atoms with Crippen LogP contribution in [0.3, 0.4) is 0 Å². The number of anilines is 2. The van der Waals surface area contributed by atoms with Gasteiger partial charge in [0.05, 0.1) is 55.8 Å². The second kappa shape index (κ2) is 32.4. The Hall–Kier alpha value is -8.91. The fraction of sp³-hybridized carbons (Fsp3) is 0.514. The number of hydrogen-bond donors (Lipinski definition) is 8. The lowest BCUT2D eigenvalue weighted by Gasteiger charge is -2.39. The largest absolute Gasteiger partial charge is 0.507 e. The number of esters is 1. The molecule has 4 aromatic carbocycles. The molecule has 1 aromatic heterocycles. The number of allylic oxidation sites excluding steroid dienone is 2. The molecule has 25 heteroatoms. The van der Waals surface area contributed by atoms with Crippen molar-refractivity contribution in [2.45, 2.75) is 145 Å². The maximum Gasteiger partial charge on any atom is 0.312 e. The third kappa shape index (κ3) is 18.0. The molecule has 5 aromatic rings. The molecule has 0 aliphatic carbocycles. The van der Waals surface area contributed by atoms with Crippen LogP contribution in [0.5, 0.6) is 17.2 Å². The molecule has 2 aliphatic heterocycles. The Balaban J connectivity index is 1.18. The van der Waals surface area contributed by atoms with Gasteiger partial charge >= 0.3 is 17.8 Å². The summed E-state index contributed by atoms with van der Waals surface area (Å²) in [5.74, 6) is -8.21. The number of benzene rings is 4. The molecule has 5 bridgehead atoms. The Labute approximate surface area is 564 Å². The predicted octanol–water partition coefficient (Wildman–Crippen LogP) is 8.02. The van der Waals surface area contributed by atoms with Gasteiger partial charge in [-0.2, -0.15) is 0 Å². The first kappa shape index (κ1) is 75.5. The number of primary amides is 1. The summed E-state index contributed by atoms with van der Waals surface area (Å²) in [6, 6.07) is 8.35. The number of aliphatic hydroxyl groups excluding tert-OH is 2. The van der Waals surface area contributed by atoms with Gasteiger partial charge in [-0.1, -0.05) is 78.8 Å². The van der Waals surface area contributed by atoms with E-state index in [2.05, 4.69) is 21.3 Å². The van der Waals surface area contributed by atoms with Gasteiger partial charge in [0, 0.05) is 105 Å². The van der Waals surface area contributed by atoms with Crippen LogP contribution in [0.4, 0.5) is 16.2 Å². The van der Waals surface area contributed by atoms with Gasteiger partial charge in [-0.3, -0.25) is 33.6 Å². The second-order valence-electron chi connectivity index (χ2n) is 26.8. The van der Waals surface area contributed by atoms with E-state index < -0.39 is 99.8 Å². The third-order valence-electron chi connectivity index (χ3n) is 18.6. The van der Waals surface area contributed by atoms with Crippen molar-refractivity contribution in [2.24, 2.45) is 47.2 Å². The van der Waals surface area contributed by atoms with Gasteiger partial charge in [0.1, 0.15) is 54.3 Å². The molecule has 5 amide bonds. The van der Waals surface area contributed by atoms with Crippen LogP contribution in [-0.4, -0.2) is 145 Å². The summed E-state index contributed by atoms with van der Waals surface area (Å²) in [4.78, 5) is 113. The van der Waals surface area contributed by atoms with Crippen molar-refractivity contribution in [1.82, 2.24) is 15.6 Å². The summed E-state index contributed by atoms with van der Waals surface area (Å²) in [6.07, 6.45) is 5.93. The van der Waals surface area contributed by atoms with Crippen LogP contribution in [-0.2, 0) is 49.5 Å². The molecule has 0 saturated heterocycles. The SMILES string of the molecule is CCOCCC(=O)N[C@H](C(=O)C[C@@H](CCCNC(N)=O)C(=O)Nc1ccc(C[N+](C)(C)CCOc2cc(=O)c3nc4c(oc3c2)c2c(=O)c3c(O)c(C)c5c(c34)=C(O)[C@@](C)(O/C=C/[C@H](OC)[C@@H](C)[C@@H](OC(C)=O)[C@H](C)[C@H](C)[C@H](C)[C@@H](O)[C@@H](C)/C=C/C=C(/C)C(=O)N2)O5)cc1)C(C)C. The first-order valence-electron chi connectivity index (χ1n) is 33.0. The number of nitrogens with zero attached hydrogens (tertiary/aromatic N) is 2. The van der Waals surface area contributed by atoms with Gasteiger partial charge in [-0.15, -0.1) is 0 Å². The number of hydrogen-bond acceptors (Lipinski definition) is 19. The van der Waals surface area contributed by atoms with Crippen LogP contribution >= 0.6 is 0 Å². The number of carbonyl (C=O) groups is 6. The van der Waals surface area contributed by atoms with Crippen LogP contribution in [0.2, 0.25) is 0 Å². The molecule has 0 fully saturated rings. The highest BCUT2D eigenvalue weighted by molar-refractivity contribution is 6.17. The molecule has 0 radical (unpaired) electrons. The number of ether oxygens (including phenoxy) is 6. The van der Waals surface area contributed by atoms with E-state index in [0.717, 1.165) is 5.56 Å². The number of Topliss-reactive ketones (excluding diaryl/α,β-unsaturated/α-hetero) is 1. The summed E-state index contributed by atoms with van der Waals surface area (Å²) in [6.45, 7) is 22.6. The average molecular weight is 1350 g/mol. The predicted molar refractivity (Wildman–Crippen MR) is 367 cm³/mol. The number of carbonyl (C=O) groups excluding carboxylic acids is 6. The standard InChI is InChI=1S/C72H95N7O18/c1-16-92-30-27-54(83)76-58(37(2)3)50(81)33-47(21-18-28-74-71(73)90)70(89)75-48-24-22-46(23-25-48)36-79(13,14)29-32-93-49-34-51(82)59-53(35-49)96-67-60(77-59)55-56-63(85)44(10)66-57(55)68(87)72(12,97-66)94-31-26-52(91-15)43(9)65(95-45(11)80)42(8)40(6)41(7)62(84)38(4)19-17-20-39(5)69(88)78-61(67)64(56)86/h17,19-20,22-26,31,34-35,37-38,40-43,47,52,58,62,65,84H,16,18,21,27-30,32-33,36H2,1-15H3,(H7-,73,74,75,76,77,78,82,83,85,86,87,88,89,90)/p+1/b19-17+,31-26+,39-20-/t38-,40+,41-,42+,43+,47+,52-,58-,62-,65-,72-/m0/s1. The van der Waals surface area contributed by atoms with E-state index in [1.165, 1.54) is 59.3 Å². The van der Waals surface area contributed by atoms with Crippen molar-refractivity contribution in [3.05, 3.63) is 109 Å². The topological polar surface area (TPSA) is 353 Å². The maximum atomic E-state index is 15.1. The second-order valence-corrected chi connectivity index (χ2v) is 26.8. The molecule has 9 N–H and O–H groups in total. The van der Waals surface area contributed by atoms with Gasteiger partial charge in [-0.25, -0.2) is 9.78 Å². The van der Waals surface area contributed by atoms with Gasteiger partial charge in [-0.05, 0) is 75.5 Å². The quantitative estimate of drug-likeness (QED) is 0.0101. The summed E-state index contributed by atoms with van der Waals surface area (Å²) < 4.78 is 42.9. The summed E-state index contributed by atoms with van der Waals surface area (Å²) in [7, 11) is 5.44. The van der Waals surface area contributed by atoms with Crippen molar-refractivity contribution in [2.75, 3.05) is 64.7 Å². The maximum absolute atomic E-state index is 15.1. The Morgan fingerprint density at radius 1 is 0.918 bits per heavy atom. The van der Waals surface area contributed by atoms with Crippen molar-refractivity contribution in [3.8, 4) is 17.2 Å². The minimum atomic E-state index is -2.02. The molecule has 0 unspecified atom stereocenters. The Morgan fingerprint density at radius 3 is 2.27 bits per heavy atom. The van der Waals surface area contributed by atoms with E-state index in [0.29, 0.717) is 36.3 Å². The number of aliphatic hydroxyl groups is 2. The third-order valence-corrected chi connectivity index (χ3v) is 18.6. The minimum absolute atomic E-state index is 0.0222. The van der Waals surface area contributed by atoms with Crippen LogP contribution in [0, 0.1) is 48.3 Å². The average Bonchev–Trinajstić information content (AvgIpc) is 1.66. The number of nitrogens with one attached hydrogen (secondary N) is 4. The van der Waals surface area contributed by atoms with Gasteiger partial charge < -0.3 is 79.6 Å². The zero-order valence-electron chi connectivity index (χ0n) is 58.2. The molecule has 97 heavy (non-hydrogen) atoms. The highest BCUT2D eigenvalue weighted by atomic mass is 16.7. The zero-order valence-corrected chi connectivity index (χ0v) is 58.2. The summed E-state index contributed by atoms with van der Waals surface area (Å²) in [5.41, 5.74) is 3.86. The minimum Gasteiger partial charge on any atom is -0.507 e. The van der Waals surface area contributed by atoms with Crippen LogP contribution in [0.15, 0.2) is 86.5 Å². The lowest BCUT2D eigenvalue weighted by Crippen LogP contribution is -2.45. The smallest absolute Gasteiger partial charge is 0.312 e. The molecule has 2 aliphatic rings. The monoisotopic (exact) mass is 1350 g/mol. The molecule has 526 valence electrons. The number of nitrogens with two attached hydrogens (primary N) is 1. The van der Waals surface area contributed by atoms with E-state index in [4.69, 9.17) is 43.6 Å². The Bertz CT molecular complexity index is 4030. The van der Waals surface area contributed by atoms with E-state index >= 15 is 4.79 Å². The van der Waals surface area contributed by atoms with Gasteiger partial charge in [0.2, 0.25) is 22.7 Å². The van der Waals surface area contributed by atoms with Crippen LogP contribution in [0.1, 0.15) is 113 Å². The summed E-state index contributed by atoms with van der Waals surface area (Å²) >= 11 is 0. The van der Waals surface area contributed by atoms with Crippen LogP contribution in [0.25, 0.3) is 38.7 Å². The number of rotatable bonds is 23. The van der Waals surface area contributed by atoms with E-state index in [-0.39, 0.29) is 135 Å². The normalized spacial score (nSPS) is 23.6. The molecule has 11 atom stereocenters. The first-order chi connectivity index (χ1) is 45.7. The van der Waals surface area contributed by atoms with Gasteiger partial charge in [0.25, 0.3) is 5.91 Å². The molecule has 3 heterocycles. The van der Waals surface area contributed by atoms with Crippen molar-refractivity contribution in [1.29, 1.82) is 0 Å². The van der Waals surface area contributed by atoms with Crippen LogP contribution < -0.4 is 52.6 Å². The van der Waals surface area contributed by atoms with E-state index in [1.807, 2.05) is 81.6 Å². The number of likely N-dealkylation sites (N-methyl/N-ethyl adjacent to an activating group) is 1. The number of aromatic nitrogens is 1. The molecule has 25 nitrogen and oxygen atoms in total. The van der Waals surface area contributed by atoms with Crippen molar-refractivity contribution < 1.29 is 81.4 Å². The molecule has 0 saturated carbocycles. The molecular weight excluding hydrogens is 1250 g/mol. The first-order valence-corrected chi connectivity index (χ1v) is 33.0. The van der Waals surface area contributed by atoms with Crippen molar-refractivity contribution in [3.63, 3.8) is 0 Å². The van der Waals surface area contributed by atoms with E-state index in [1.54, 1.807) is 30.4 Å². The van der Waals surface area contributed by atoms with Crippen molar-refractivity contribution >= 4 is 85.6 Å². The number of aromatic hydroxyl groups is 1. The number of ketones is 1. The summed E-state index contributed by atoms with van der Waals surface area (Å²) in [5, 5.41) is 46.4. The molecule has 7 rings (SSSR count). The lowest BCUT2D eigenvalue weighted by molar-refractivity contribution is -0.903.